The molecule has 1 aliphatic heterocycles. The quantitative estimate of drug-likeness (QED) is 0.913. The van der Waals surface area contributed by atoms with E-state index >= 15 is 0 Å². The summed E-state index contributed by atoms with van der Waals surface area (Å²) in [5.41, 5.74) is 2.71. The molecule has 0 radical (unpaired) electrons. The van der Waals surface area contributed by atoms with Gasteiger partial charge in [0.1, 0.15) is 0 Å². The summed E-state index contributed by atoms with van der Waals surface area (Å²) in [5, 5.41) is 3.70. The first-order valence-corrected chi connectivity index (χ1v) is 7.84. The summed E-state index contributed by atoms with van der Waals surface area (Å²) in [6.07, 6.45) is 7.30. The number of pyridine rings is 1. The predicted molar refractivity (Wildman–Crippen MR) is 87.6 cm³/mol. The lowest BCUT2D eigenvalue weighted by atomic mass is 10.0. The molecule has 1 aromatic carbocycles. The van der Waals surface area contributed by atoms with Gasteiger partial charge in [0.2, 0.25) is 0 Å². The van der Waals surface area contributed by atoms with Crippen LogP contribution in [0.2, 0.25) is 0 Å². The fraction of sp³-hybridized carbons (Fsp3) is 0.389. The Kier molecular flexibility index (Phi) is 4.85. The van der Waals surface area contributed by atoms with Crippen molar-refractivity contribution in [2.45, 2.75) is 25.3 Å². The molecule has 1 aromatic heterocycles. The molecule has 0 bridgehead atoms. The Balaban J connectivity index is 1.40. The molecule has 0 unspecified atom stereocenters. The summed E-state index contributed by atoms with van der Waals surface area (Å²) >= 11 is 0. The summed E-state index contributed by atoms with van der Waals surface area (Å²) in [6, 6.07) is 15.6. The van der Waals surface area contributed by atoms with Crippen LogP contribution >= 0.6 is 0 Å². The summed E-state index contributed by atoms with van der Waals surface area (Å²) < 4.78 is 0. The van der Waals surface area contributed by atoms with Crippen LogP contribution in [0.15, 0.2) is 54.9 Å². The van der Waals surface area contributed by atoms with Crippen LogP contribution in [0.25, 0.3) is 0 Å². The Morgan fingerprint density at radius 1 is 1.00 bits per heavy atom. The van der Waals surface area contributed by atoms with Crippen LogP contribution in [0.4, 0.5) is 5.69 Å². The molecule has 2 aromatic rings. The highest BCUT2D eigenvalue weighted by Crippen LogP contribution is 2.18. The first-order valence-electron chi connectivity index (χ1n) is 7.84. The van der Waals surface area contributed by atoms with Gasteiger partial charge in [-0.25, -0.2) is 0 Å². The monoisotopic (exact) mass is 281 g/mol. The minimum atomic E-state index is 0.659. The van der Waals surface area contributed by atoms with Crippen LogP contribution in [0, 0.1) is 0 Å². The van der Waals surface area contributed by atoms with Crippen molar-refractivity contribution in [3.05, 3.63) is 60.4 Å². The number of nitrogens with one attached hydrogen (secondary N) is 1. The Hall–Kier alpha value is -1.87. The van der Waals surface area contributed by atoms with Crippen LogP contribution < -0.4 is 10.2 Å². The third-order valence-corrected chi connectivity index (χ3v) is 4.21. The maximum absolute atomic E-state index is 4.09. The minimum absolute atomic E-state index is 0.659. The second-order valence-electron chi connectivity index (χ2n) is 5.66. The van der Waals surface area contributed by atoms with E-state index in [4.69, 9.17) is 0 Å². The van der Waals surface area contributed by atoms with Crippen molar-refractivity contribution in [2.24, 2.45) is 0 Å². The second-order valence-corrected chi connectivity index (χ2v) is 5.66. The van der Waals surface area contributed by atoms with E-state index in [1.165, 1.54) is 24.1 Å². The van der Waals surface area contributed by atoms with Crippen LogP contribution in [0.5, 0.6) is 0 Å². The fourth-order valence-electron chi connectivity index (χ4n) is 2.96. The highest BCUT2D eigenvalue weighted by molar-refractivity contribution is 5.44. The summed E-state index contributed by atoms with van der Waals surface area (Å²) in [7, 11) is 0. The van der Waals surface area contributed by atoms with E-state index in [2.05, 4.69) is 57.7 Å². The van der Waals surface area contributed by atoms with Gasteiger partial charge in [0.15, 0.2) is 0 Å². The molecule has 3 nitrogen and oxygen atoms in total. The van der Waals surface area contributed by atoms with Gasteiger partial charge in [-0.2, -0.15) is 0 Å². The van der Waals surface area contributed by atoms with Crippen molar-refractivity contribution in [3.63, 3.8) is 0 Å². The van der Waals surface area contributed by atoms with E-state index in [9.17, 15) is 0 Å². The van der Waals surface area contributed by atoms with E-state index in [0.717, 1.165) is 26.1 Å². The molecule has 0 aliphatic carbocycles. The molecule has 0 saturated carbocycles. The third-order valence-electron chi connectivity index (χ3n) is 4.21. The Morgan fingerprint density at radius 3 is 2.43 bits per heavy atom. The molecular formula is C18H23N3. The molecule has 2 heterocycles. The number of hydrogen-bond donors (Lipinski definition) is 1. The molecule has 0 amide bonds. The highest BCUT2D eigenvalue weighted by atomic mass is 15.1. The number of piperidine rings is 1. The zero-order valence-electron chi connectivity index (χ0n) is 12.4. The van der Waals surface area contributed by atoms with Gasteiger partial charge in [-0.3, -0.25) is 4.98 Å². The van der Waals surface area contributed by atoms with Gasteiger partial charge in [-0.1, -0.05) is 30.3 Å². The van der Waals surface area contributed by atoms with Gasteiger partial charge in [-0.05, 0) is 43.5 Å². The number of rotatable bonds is 5. The van der Waals surface area contributed by atoms with E-state index in [1.807, 2.05) is 12.4 Å². The molecule has 21 heavy (non-hydrogen) atoms. The Morgan fingerprint density at radius 2 is 1.71 bits per heavy atom. The lowest BCUT2D eigenvalue weighted by Crippen LogP contribution is -2.43. The molecule has 3 rings (SSSR count). The minimum Gasteiger partial charge on any atom is -0.371 e. The van der Waals surface area contributed by atoms with Crippen LogP contribution in [0.3, 0.4) is 0 Å². The van der Waals surface area contributed by atoms with Crippen molar-refractivity contribution in [2.75, 3.05) is 24.5 Å². The Bertz CT molecular complexity index is 516. The zero-order valence-corrected chi connectivity index (χ0v) is 12.4. The number of hydrogen-bond acceptors (Lipinski definition) is 3. The first kappa shape index (κ1) is 14.1. The topological polar surface area (TPSA) is 28.2 Å². The highest BCUT2D eigenvalue weighted by Gasteiger charge is 2.18. The van der Waals surface area contributed by atoms with Gasteiger partial charge in [0.25, 0.3) is 0 Å². The van der Waals surface area contributed by atoms with Crippen molar-refractivity contribution in [1.29, 1.82) is 0 Å². The maximum Gasteiger partial charge on any atom is 0.0397 e. The number of aromatic nitrogens is 1. The van der Waals surface area contributed by atoms with Crippen LogP contribution in [0.1, 0.15) is 18.4 Å². The lowest BCUT2D eigenvalue weighted by molar-refractivity contribution is 0.417. The average Bonchev–Trinajstić information content (AvgIpc) is 2.57. The predicted octanol–water partition coefficient (Wildman–Crippen LogP) is 2.88. The zero-order chi connectivity index (χ0) is 14.3. The molecule has 1 saturated heterocycles. The van der Waals surface area contributed by atoms with E-state index < -0.39 is 0 Å². The molecular weight excluding hydrogens is 258 g/mol. The summed E-state index contributed by atoms with van der Waals surface area (Å²) in [5.74, 6) is 0. The second kappa shape index (κ2) is 7.23. The molecule has 110 valence electrons. The summed E-state index contributed by atoms with van der Waals surface area (Å²) in [6.45, 7) is 3.34. The maximum atomic E-state index is 4.09. The van der Waals surface area contributed by atoms with Gasteiger partial charge in [-0.15, -0.1) is 0 Å². The van der Waals surface area contributed by atoms with E-state index in [0.29, 0.717) is 6.04 Å². The molecule has 1 fully saturated rings. The van der Waals surface area contributed by atoms with Crippen molar-refractivity contribution >= 4 is 5.69 Å². The first-order chi connectivity index (χ1) is 10.4. The fourth-order valence-corrected chi connectivity index (χ4v) is 2.96. The Labute approximate surface area is 127 Å². The SMILES string of the molecule is c1ccc(CCNC2CCN(c3ccncc3)CC2)cc1. The average molecular weight is 281 g/mol. The van der Waals surface area contributed by atoms with Crippen LogP contribution in [-0.4, -0.2) is 30.7 Å². The normalized spacial score (nSPS) is 16.1. The largest absolute Gasteiger partial charge is 0.371 e. The third kappa shape index (κ3) is 4.05. The molecule has 3 heteroatoms. The number of benzene rings is 1. The molecule has 0 spiro atoms. The van der Waals surface area contributed by atoms with E-state index in [1.54, 1.807) is 0 Å². The van der Waals surface area contributed by atoms with Crippen molar-refractivity contribution in [1.82, 2.24) is 10.3 Å². The van der Waals surface area contributed by atoms with Gasteiger partial charge in [0.05, 0.1) is 0 Å². The summed E-state index contributed by atoms with van der Waals surface area (Å²) in [4.78, 5) is 6.54. The molecule has 1 aliphatic rings. The van der Waals surface area contributed by atoms with Gasteiger partial charge < -0.3 is 10.2 Å². The standard InChI is InChI=1S/C18H23N3/c1-2-4-16(5-3-1)6-13-20-17-9-14-21(15-10-17)18-7-11-19-12-8-18/h1-5,7-8,11-12,17,20H,6,9-10,13-15H2. The smallest absolute Gasteiger partial charge is 0.0397 e. The number of nitrogens with zero attached hydrogens (tertiary/aromatic N) is 2. The van der Waals surface area contributed by atoms with Gasteiger partial charge >= 0.3 is 0 Å². The molecule has 0 atom stereocenters. The molecule has 1 N–H and O–H groups in total. The lowest BCUT2D eigenvalue weighted by Gasteiger charge is -2.34. The van der Waals surface area contributed by atoms with Crippen LogP contribution in [-0.2, 0) is 6.42 Å². The van der Waals surface area contributed by atoms with Gasteiger partial charge in [0, 0.05) is 37.2 Å². The number of anilines is 1. The van der Waals surface area contributed by atoms with Crippen molar-refractivity contribution in [3.8, 4) is 0 Å². The van der Waals surface area contributed by atoms with Crippen molar-refractivity contribution < 1.29 is 0 Å². The van der Waals surface area contributed by atoms with E-state index in [-0.39, 0.29) is 0 Å².